The minimum absolute atomic E-state index is 0.0210. The van der Waals surface area contributed by atoms with E-state index >= 15 is 0 Å². The molecule has 0 atom stereocenters. The van der Waals surface area contributed by atoms with Crippen LogP contribution in [0.2, 0.25) is 0 Å². The number of hydrogen-bond donors (Lipinski definition) is 1. The number of ether oxygens (including phenoxy) is 2. The van der Waals surface area contributed by atoms with Gasteiger partial charge in [-0.1, -0.05) is 54.6 Å². The van der Waals surface area contributed by atoms with Crippen LogP contribution in [0.4, 0.5) is 10.5 Å². The monoisotopic (exact) mass is 431 g/mol. The highest BCUT2D eigenvalue weighted by atomic mass is 16.6. The molecule has 2 aromatic carbocycles. The van der Waals surface area contributed by atoms with Gasteiger partial charge in [-0.3, -0.25) is 10.1 Å². The highest BCUT2D eigenvalue weighted by Crippen LogP contribution is 2.44. The number of pyridine rings is 1. The van der Waals surface area contributed by atoms with Crippen LogP contribution in [0.15, 0.2) is 66.7 Å². The number of fused-ring (bicyclic) bond motifs is 3. The summed E-state index contributed by atoms with van der Waals surface area (Å²) in [6.07, 6.45) is 2.46. The Kier molecular flexibility index (Phi) is 6.12. The Bertz CT molecular complexity index is 1150. The molecule has 32 heavy (non-hydrogen) atoms. The normalized spacial score (nSPS) is 12.3. The van der Waals surface area contributed by atoms with Gasteiger partial charge in [0.15, 0.2) is 0 Å². The van der Waals surface area contributed by atoms with E-state index in [4.69, 9.17) is 9.47 Å². The van der Waals surface area contributed by atoms with E-state index in [0.717, 1.165) is 22.3 Å². The van der Waals surface area contributed by atoms with Crippen LogP contribution in [-0.2, 0) is 4.74 Å². The van der Waals surface area contributed by atoms with Crippen LogP contribution < -0.4 is 10.1 Å². The van der Waals surface area contributed by atoms with Crippen LogP contribution in [0.5, 0.6) is 5.88 Å². The molecule has 0 fully saturated rings. The number of rotatable bonds is 7. The van der Waals surface area contributed by atoms with E-state index in [1.807, 2.05) is 24.3 Å². The van der Waals surface area contributed by atoms with E-state index in [1.54, 1.807) is 6.08 Å². The van der Waals surface area contributed by atoms with Gasteiger partial charge in [0, 0.05) is 24.6 Å². The predicted molar refractivity (Wildman–Crippen MR) is 120 cm³/mol. The van der Waals surface area contributed by atoms with Gasteiger partial charge in [0.25, 0.3) is 5.69 Å². The van der Waals surface area contributed by atoms with Crippen LogP contribution >= 0.6 is 0 Å². The van der Waals surface area contributed by atoms with Gasteiger partial charge in [-0.25, -0.2) is 9.78 Å². The summed E-state index contributed by atoms with van der Waals surface area (Å²) in [5.41, 5.74) is 4.59. The molecular formula is C24H21N3O5. The van der Waals surface area contributed by atoms with Crippen molar-refractivity contribution in [1.29, 1.82) is 0 Å². The second kappa shape index (κ2) is 9.30. The number of carbonyl (C=O) groups is 1. The predicted octanol–water partition coefficient (Wildman–Crippen LogP) is 4.55. The van der Waals surface area contributed by atoms with Crippen molar-refractivity contribution in [2.75, 3.05) is 20.3 Å². The zero-order chi connectivity index (χ0) is 22.5. The molecule has 3 aromatic rings. The first kappa shape index (κ1) is 21.0. The van der Waals surface area contributed by atoms with Crippen molar-refractivity contribution in [2.45, 2.75) is 5.92 Å². The molecule has 0 spiro atoms. The van der Waals surface area contributed by atoms with Gasteiger partial charge < -0.3 is 14.8 Å². The molecule has 0 aliphatic heterocycles. The maximum atomic E-state index is 12.2. The summed E-state index contributed by atoms with van der Waals surface area (Å²) < 4.78 is 10.5. The summed E-state index contributed by atoms with van der Waals surface area (Å²) in [5, 5.41) is 13.8. The number of nitro groups is 1. The van der Waals surface area contributed by atoms with Crippen LogP contribution in [0.1, 0.15) is 22.7 Å². The number of nitrogens with one attached hydrogen (secondary N) is 1. The zero-order valence-electron chi connectivity index (χ0n) is 17.4. The lowest BCUT2D eigenvalue weighted by Crippen LogP contribution is -2.26. The molecule has 8 nitrogen and oxygen atoms in total. The SMILES string of the molecule is COc1ccc([N+](=O)[O-])c(C=CCNC(=O)OCC2c3ccccc3-c3ccccc32)n1. The fourth-order valence-electron chi connectivity index (χ4n) is 3.80. The highest BCUT2D eigenvalue weighted by molar-refractivity contribution is 5.79. The van der Waals surface area contributed by atoms with Crippen molar-refractivity contribution in [1.82, 2.24) is 10.3 Å². The first-order valence-electron chi connectivity index (χ1n) is 10.0. The molecule has 1 amide bonds. The number of hydrogen-bond acceptors (Lipinski definition) is 6. The fourth-order valence-corrected chi connectivity index (χ4v) is 3.80. The molecule has 0 saturated heterocycles. The maximum Gasteiger partial charge on any atom is 0.407 e. The lowest BCUT2D eigenvalue weighted by atomic mass is 9.98. The third-order valence-corrected chi connectivity index (χ3v) is 5.27. The lowest BCUT2D eigenvalue weighted by Gasteiger charge is -2.14. The van der Waals surface area contributed by atoms with Crippen LogP contribution in [0.25, 0.3) is 17.2 Å². The molecule has 1 aliphatic rings. The van der Waals surface area contributed by atoms with Crippen LogP contribution in [-0.4, -0.2) is 36.3 Å². The first-order valence-corrected chi connectivity index (χ1v) is 10.0. The average molecular weight is 431 g/mol. The van der Waals surface area contributed by atoms with Crippen molar-refractivity contribution >= 4 is 17.9 Å². The van der Waals surface area contributed by atoms with Crippen molar-refractivity contribution in [3.63, 3.8) is 0 Å². The van der Waals surface area contributed by atoms with E-state index in [1.165, 1.54) is 25.3 Å². The Morgan fingerprint density at radius 2 is 1.75 bits per heavy atom. The third kappa shape index (κ3) is 4.29. The van der Waals surface area contributed by atoms with Gasteiger partial charge >= 0.3 is 6.09 Å². The second-order valence-corrected chi connectivity index (χ2v) is 7.12. The maximum absolute atomic E-state index is 12.2. The van der Waals surface area contributed by atoms with Crippen molar-refractivity contribution in [3.05, 3.63) is 93.7 Å². The van der Waals surface area contributed by atoms with Crippen molar-refractivity contribution in [3.8, 4) is 17.0 Å². The molecule has 1 aromatic heterocycles. The third-order valence-electron chi connectivity index (χ3n) is 5.27. The second-order valence-electron chi connectivity index (χ2n) is 7.12. The number of aromatic nitrogens is 1. The van der Waals surface area contributed by atoms with Gasteiger partial charge in [0.2, 0.25) is 5.88 Å². The molecule has 162 valence electrons. The molecule has 4 rings (SSSR count). The van der Waals surface area contributed by atoms with Gasteiger partial charge in [0.1, 0.15) is 12.3 Å². The summed E-state index contributed by atoms with van der Waals surface area (Å²) >= 11 is 0. The lowest BCUT2D eigenvalue weighted by molar-refractivity contribution is -0.385. The number of methoxy groups -OCH3 is 1. The smallest absolute Gasteiger partial charge is 0.407 e. The summed E-state index contributed by atoms with van der Waals surface area (Å²) in [6, 6.07) is 19.0. The Hall–Kier alpha value is -4.20. The van der Waals surface area contributed by atoms with E-state index in [0.29, 0.717) is 0 Å². The summed E-state index contributed by atoms with van der Waals surface area (Å²) in [7, 11) is 1.43. The molecule has 8 heteroatoms. The fraction of sp³-hybridized carbons (Fsp3) is 0.167. The minimum atomic E-state index is -0.565. The topological polar surface area (TPSA) is 104 Å². The van der Waals surface area contributed by atoms with Crippen LogP contribution in [0, 0.1) is 10.1 Å². The Morgan fingerprint density at radius 3 is 2.38 bits per heavy atom. The Labute approximate surface area is 184 Å². The number of benzene rings is 2. The molecule has 1 N–H and O–H groups in total. The average Bonchev–Trinajstić information content (AvgIpc) is 3.14. The van der Waals surface area contributed by atoms with Gasteiger partial charge in [-0.15, -0.1) is 0 Å². The van der Waals surface area contributed by atoms with Crippen LogP contribution in [0.3, 0.4) is 0 Å². The molecule has 0 bridgehead atoms. The molecule has 0 saturated carbocycles. The number of carbonyl (C=O) groups excluding carboxylic acids is 1. The molecule has 0 unspecified atom stereocenters. The zero-order valence-corrected chi connectivity index (χ0v) is 17.4. The molecule has 1 heterocycles. The molecule has 0 radical (unpaired) electrons. The summed E-state index contributed by atoms with van der Waals surface area (Å²) in [4.78, 5) is 26.9. The van der Waals surface area contributed by atoms with E-state index in [2.05, 4.69) is 34.6 Å². The van der Waals surface area contributed by atoms with E-state index in [-0.39, 0.29) is 36.3 Å². The highest BCUT2D eigenvalue weighted by Gasteiger charge is 2.28. The largest absolute Gasteiger partial charge is 0.481 e. The van der Waals surface area contributed by atoms with Gasteiger partial charge in [-0.05, 0) is 28.3 Å². The van der Waals surface area contributed by atoms with E-state index in [9.17, 15) is 14.9 Å². The Morgan fingerprint density at radius 1 is 1.09 bits per heavy atom. The molecule has 1 aliphatic carbocycles. The number of nitrogens with zero attached hydrogens (tertiary/aromatic N) is 2. The number of amides is 1. The number of alkyl carbamates (subject to hydrolysis) is 1. The molecular weight excluding hydrogens is 410 g/mol. The standard InChI is InChI=1S/C24H21N3O5/c1-31-23-13-12-22(27(29)30)21(26-23)11-6-14-25-24(28)32-15-20-18-9-4-2-7-16(18)17-8-3-5-10-19(17)20/h2-13,20H,14-15H2,1H3,(H,25,28). The van der Waals surface area contributed by atoms with Gasteiger partial charge in [-0.2, -0.15) is 0 Å². The van der Waals surface area contributed by atoms with Crippen molar-refractivity contribution < 1.29 is 19.2 Å². The Balaban J connectivity index is 1.36. The van der Waals surface area contributed by atoms with Gasteiger partial charge in [0.05, 0.1) is 12.0 Å². The van der Waals surface area contributed by atoms with E-state index < -0.39 is 11.0 Å². The van der Waals surface area contributed by atoms with Crippen molar-refractivity contribution in [2.24, 2.45) is 0 Å². The minimum Gasteiger partial charge on any atom is -0.481 e. The summed E-state index contributed by atoms with van der Waals surface area (Å²) in [5.74, 6) is 0.243. The quantitative estimate of drug-likeness (QED) is 0.435. The summed E-state index contributed by atoms with van der Waals surface area (Å²) in [6.45, 7) is 0.346. The first-order chi connectivity index (χ1) is 15.6.